The molecule has 1 rings (SSSR count). The van der Waals surface area contributed by atoms with Crippen LogP contribution in [0.5, 0.6) is 5.75 Å². The predicted octanol–water partition coefficient (Wildman–Crippen LogP) is 7.25. The van der Waals surface area contributed by atoms with E-state index in [-0.39, 0.29) is 6.42 Å². The number of unbranched alkanes of at least 4 members (excludes halogenated alkanes) is 10. The summed E-state index contributed by atoms with van der Waals surface area (Å²) >= 11 is 0. The number of rotatable bonds is 17. The Morgan fingerprint density at radius 2 is 1.59 bits per heavy atom. The second kappa shape index (κ2) is 16.4. The van der Waals surface area contributed by atoms with E-state index in [0.717, 1.165) is 24.2 Å². The molecule has 0 radical (unpaired) electrons. The van der Waals surface area contributed by atoms with Crippen molar-refractivity contribution in [2.24, 2.45) is 0 Å². The van der Waals surface area contributed by atoms with Crippen molar-refractivity contribution >= 4 is 12.0 Å². The number of allylic oxidation sites excluding steroid dienone is 1. The van der Waals surface area contributed by atoms with Crippen LogP contribution in [0.15, 0.2) is 30.3 Å². The molecule has 0 atom stereocenters. The largest absolute Gasteiger partial charge is 0.493 e. The average molecular weight is 375 g/mol. The lowest BCUT2D eigenvalue weighted by atomic mass is 10.1. The van der Waals surface area contributed by atoms with E-state index in [0.29, 0.717) is 13.0 Å². The summed E-state index contributed by atoms with van der Waals surface area (Å²) in [5.74, 6) is 0.144. The van der Waals surface area contributed by atoms with Gasteiger partial charge >= 0.3 is 5.97 Å². The third-order valence-corrected chi connectivity index (χ3v) is 4.73. The summed E-state index contributed by atoms with van der Waals surface area (Å²) < 4.78 is 5.83. The van der Waals surface area contributed by atoms with Gasteiger partial charge in [-0.2, -0.15) is 0 Å². The van der Waals surface area contributed by atoms with Crippen molar-refractivity contribution < 1.29 is 14.6 Å². The Balaban J connectivity index is 2.15. The molecule has 0 amide bonds. The third kappa shape index (κ3) is 13.1. The first-order valence-electron chi connectivity index (χ1n) is 10.8. The molecule has 0 aliphatic rings. The van der Waals surface area contributed by atoms with Gasteiger partial charge in [0.2, 0.25) is 0 Å². The molecule has 1 aromatic carbocycles. The molecule has 0 saturated heterocycles. The summed E-state index contributed by atoms with van der Waals surface area (Å²) in [4.78, 5) is 10.5. The van der Waals surface area contributed by atoms with Gasteiger partial charge in [-0.05, 0) is 31.7 Å². The SMILES string of the molecule is CCCCCCCCCCC/C=C/c1ccccc1OCCCCC(=O)O. The van der Waals surface area contributed by atoms with Gasteiger partial charge in [-0.25, -0.2) is 0 Å². The quantitative estimate of drug-likeness (QED) is 0.292. The Labute approximate surface area is 165 Å². The molecule has 0 bridgehead atoms. The highest BCUT2D eigenvalue weighted by atomic mass is 16.5. The van der Waals surface area contributed by atoms with Crippen LogP contribution in [0.3, 0.4) is 0 Å². The van der Waals surface area contributed by atoms with Crippen LogP contribution < -0.4 is 4.74 Å². The highest BCUT2D eigenvalue weighted by molar-refractivity contribution is 5.66. The van der Waals surface area contributed by atoms with E-state index >= 15 is 0 Å². The van der Waals surface area contributed by atoms with E-state index in [2.05, 4.69) is 25.1 Å². The standard InChI is InChI=1S/C24H38O3/c1-2-3-4-5-6-7-8-9-10-11-12-17-22-18-13-14-19-23(22)27-21-16-15-20-24(25)26/h12-14,17-19H,2-11,15-16,20-21H2,1H3,(H,25,26)/b17-12+. The van der Waals surface area contributed by atoms with E-state index in [9.17, 15) is 4.79 Å². The van der Waals surface area contributed by atoms with Gasteiger partial charge in [0, 0.05) is 12.0 Å². The summed E-state index contributed by atoms with van der Waals surface area (Å²) in [5, 5.41) is 8.66. The topological polar surface area (TPSA) is 46.5 Å². The van der Waals surface area contributed by atoms with Crippen LogP contribution in [0.4, 0.5) is 0 Å². The van der Waals surface area contributed by atoms with E-state index in [1.807, 2.05) is 18.2 Å². The summed E-state index contributed by atoms with van der Waals surface area (Å²) in [5.41, 5.74) is 1.10. The fourth-order valence-corrected chi connectivity index (χ4v) is 3.09. The Morgan fingerprint density at radius 3 is 2.30 bits per heavy atom. The predicted molar refractivity (Wildman–Crippen MR) is 114 cm³/mol. The van der Waals surface area contributed by atoms with Crippen molar-refractivity contribution in [1.29, 1.82) is 0 Å². The van der Waals surface area contributed by atoms with Crippen molar-refractivity contribution in [1.82, 2.24) is 0 Å². The molecule has 3 nitrogen and oxygen atoms in total. The van der Waals surface area contributed by atoms with Crippen LogP contribution in [0, 0.1) is 0 Å². The maximum atomic E-state index is 10.5. The Kier molecular flexibility index (Phi) is 14.1. The van der Waals surface area contributed by atoms with Crippen LogP contribution in [0.25, 0.3) is 6.08 Å². The second-order valence-electron chi connectivity index (χ2n) is 7.26. The highest BCUT2D eigenvalue weighted by Gasteiger charge is 2.01. The van der Waals surface area contributed by atoms with Crippen molar-refractivity contribution in [2.75, 3.05) is 6.61 Å². The maximum absolute atomic E-state index is 10.5. The molecule has 0 aromatic heterocycles. The first-order chi connectivity index (χ1) is 13.2. The van der Waals surface area contributed by atoms with Crippen molar-refractivity contribution in [3.05, 3.63) is 35.9 Å². The molecule has 0 aliphatic heterocycles. The number of carboxylic acids is 1. The van der Waals surface area contributed by atoms with Gasteiger partial charge in [-0.3, -0.25) is 4.79 Å². The van der Waals surface area contributed by atoms with Crippen LogP contribution in [-0.4, -0.2) is 17.7 Å². The zero-order chi connectivity index (χ0) is 19.6. The molecule has 1 aromatic rings. The number of hydrogen-bond donors (Lipinski definition) is 1. The number of hydrogen-bond acceptors (Lipinski definition) is 2. The lowest BCUT2D eigenvalue weighted by molar-refractivity contribution is -0.137. The molecular weight excluding hydrogens is 336 g/mol. The zero-order valence-electron chi connectivity index (χ0n) is 17.1. The molecule has 152 valence electrons. The van der Waals surface area contributed by atoms with Gasteiger partial charge in [0.25, 0.3) is 0 Å². The van der Waals surface area contributed by atoms with Gasteiger partial charge in [-0.1, -0.05) is 88.6 Å². The minimum atomic E-state index is -0.741. The highest BCUT2D eigenvalue weighted by Crippen LogP contribution is 2.20. The number of carbonyl (C=O) groups is 1. The summed E-state index contributed by atoms with van der Waals surface area (Å²) in [6, 6.07) is 8.05. The summed E-state index contributed by atoms with van der Waals surface area (Å²) in [6.07, 6.45) is 19.4. The monoisotopic (exact) mass is 374 g/mol. The average Bonchev–Trinajstić information content (AvgIpc) is 2.66. The number of aliphatic carboxylic acids is 1. The van der Waals surface area contributed by atoms with Crippen molar-refractivity contribution in [2.45, 2.75) is 90.4 Å². The number of benzene rings is 1. The Bertz CT molecular complexity index is 522. The van der Waals surface area contributed by atoms with Crippen molar-refractivity contribution in [3.8, 4) is 5.75 Å². The fraction of sp³-hybridized carbons (Fsp3) is 0.625. The minimum absolute atomic E-state index is 0.212. The molecule has 3 heteroatoms. The van der Waals surface area contributed by atoms with Gasteiger partial charge in [-0.15, -0.1) is 0 Å². The normalized spacial score (nSPS) is 11.1. The molecule has 0 heterocycles. The second-order valence-corrected chi connectivity index (χ2v) is 7.26. The minimum Gasteiger partial charge on any atom is -0.493 e. The van der Waals surface area contributed by atoms with Crippen LogP contribution in [0.1, 0.15) is 96.0 Å². The van der Waals surface area contributed by atoms with Crippen LogP contribution >= 0.6 is 0 Å². The summed E-state index contributed by atoms with van der Waals surface area (Å²) in [6.45, 7) is 2.83. The van der Waals surface area contributed by atoms with Gasteiger partial charge in [0.15, 0.2) is 0 Å². The van der Waals surface area contributed by atoms with Gasteiger partial charge < -0.3 is 9.84 Å². The first-order valence-corrected chi connectivity index (χ1v) is 10.8. The van der Waals surface area contributed by atoms with Crippen molar-refractivity contribution in [3.63, 3.8) is 0 Å². The van der Waals surface area contributed by atoms with E-state index in [1.54, 1.807) is 0 Å². The Morgan fingerprint density at radius 1 is 0.926 bits per heavy atom. The molecule has 1 N–H and O–H groups in total. The molecule has 0 spiro atoms. The maximum Gasteiger partial charge on any atom is 0.303 e. The summed E-state index contributed by atoms with van der Waals surface area (Å²) in [7, 11) is 0. The van der Waals surface area contributed by atoms with Gasteiger partial charge in [0.05, 0.1) is 6.61 Å². The lowest BCUT2D eigenvalue weighted by Gasteiger charge is -2.08. The molecular formula is C24H38O3. The Hall–Kier alpha value is -1.77. The van der Waals surface area contributed by atoms with E-state index < -0.39 is 5.97 Å². The van der Waals surface area contributed by atoms with E-state index in [1.165, 1.54) is 57.8 Å². The molecule has 0 saturated carbocycles. The number of ether oxygens (including phenoxy) is 1. The number of carboxylic acid groups (broad SMARTS) is 1. The molecule has 0 unspecified atom stereocenters. The number of para-hydroxylation sites is 1. The van der Waals surface area contributed by atoms with Gasteiger partial charge in [0.1, 0.15) is 5.75 Å². The molecule has 0 fully saturated rings. The smallest absolute Gasteiger partial charge is 0.303 e. The molecule has 27 heavy (non-hydrogen) atoms. The fourth-order valence-electron chi connectivity index (χ4n) is 3.09. The van der Waals surface area contributed by atoms with Crippen LogP contribution in [-0.2, 0) is 4.79 Å². The van der Waals surface area contributed by atoms with Crippen LogP contribution in [0.2, 0.25) is 0 Å². The lowest BCUT2D eigenvalue weighted by Crippen LogP contribution is -2.01. The third-order valence-electron chi connectivity index (χ3n) is 4.73. The first kappa shape index (κ1) is 23.3. The zero-order valence-corrected chi connectivity index (χ0v) is 17.1. The van der Waals surface area contributed by atoms with E-state index in [4.69, 9.17) is 9.84 Å². The molecule has 0 aliphatic carbocycles.